The monoisotopic (exact) mass is 449 g/mol. The van der Waals surface area contributed by atoms with Gasteiger partial charge in [-0.05, 0) is 83.3 Å². The minimum atomic E-state index is 0.273. The molecule has 1 unspecified atom stereocenters. The van der Waals surface area contributed by atoms with Gasteiger partial charge < -0.3 is 5.32 Å². The number of thiophene rings is 1. The van der Waals surface area contributed by atoms with Crippen LogP contribution in [0.1, 0.15) is 35.4 Å². The number of aryl methyl sites for hydroxylation is 1. The van der Waals surface area contributed by atoms with Crippen molar-refractivity contribution < 1.29 is 0 Å². The molecule has 102 valence electrons. The molecular weight excluding hydrogens is 433 g/mol. The van der Waals surface area contributed by atoms with E-state index in [1.165, 1.54) is 24.0 Å². The molecule has 19 heavy (non-hydrogen) atoms. The highest BCUT2D eigenvalue weighted by molar-refractivity contribution is 14.1. The van der Waals surface area contributed by atoms with Gasteiger partial charge in [-0.3, -0.25) is 0 Å². The van der Waals surface area contributed by atoms with Gasteiger partial charge in [0, 0.05) is 12.9 Å². The largest absolute Gasteiger partial charge is 0.306 e. The van der Waals surface area contributed by atoms with Crippen LogP contribution in [0.2, 0.25) is 0 Å². The van der Waals surface area contributed by atoms with Crippen molar-refractivity contribution in [3.05, 3.63) is 53.7 Å². The first-order valence-corrected chi connectivity index (χ1v) is 9.11. The van der Waals surface area contributed by atoms with Gasteiger partial charge >= 0.3 is 0 Å². The van der Waals surface area contributed by atoms with Crippen molar-refractivity contribution in [2.24, 2.45) is 0 Å². The van der Waals surface area contributed by atoms with Crippen LogP contribution < -0.4 is 5.32 Å². The van der Waals surface area contributed by atoms with E-state index in [-0.39, 0.29) is 6.04 Å². The quantitative estimate of drug-likeness (QED) is 0.593. The molecule has 1 nitrogen and oxygen atoms in total. The second-order valence-corrected chi connectivity index (χ2v) is 7.71. The van der Waals surface area contributed by atoms with E-state index in [9.17, 15) is 0 Å². The SMILES string of the molecule is CCCNC(c1cc(I)ccc1Br)c1ccsc1C. The number of benzene rings is 1. The van der Waals surface area contributed by atoms with E-state index in [0.29, 0.717) is 0 Å². The highest BCUT2D eigenvalue weighted by Gasteiger charge is 2.18. The molecule has 0 aliphatic carbocycles. The molecule has 1 N–H and O–H groups in total. The second kappa shape index (κ2) is 7.20. The van der Waals surface area contributed by atoms with Crippen molar-refractivity contribution >= 4 is 49.9 Å². The topological polar surface area (TPSA) is 12.0 Å². The predicted molar refractivity (Wildman–Crippen MR) is 96.1 cm³/mol. The van der Waals surface area contributed by atoms with Crippen LogP contribution in [0, 0.1) is 10.5 Å². The summed E-state index contributed by atoms with van der Waals surface area (Å²) < 4.78 is 2.44. The minimum Gasteiger partial charge on any atom is -0.306 e. The van der Waals surface area contributed by atoms with Gasteiger partial charge in [-0.15, -0.1) is 11.3 Å². The van der Waals surface area contributed by atoms with Crippen LogP contribution in [0.5, 0.6) is 0 Å². The lowest BCUT2D eigenvalue weighted by atomic mass is 9.99. The van der Waals surface area contributed by atoms with Crippen LogP contribution in [0.4, 0.5) is 0 Å². The average molecular weight is 450 g/mol. The fourth-order valence-corrected chi connectivity index (χ4v) is 3.84. The van der Waals surface area contributed by atoms with Crippen molar-refractivity contribution in [2.45, 2.75) is 26.3 Å². The molecule has 2 aromatic rings. The van der Waals surface area contributed by atoms with Crippen molar-refractivity contribution in [3.63, 3.8) is 0 Å². The Bertz CT molecular complexity index is 553. The summed E-state index contributed by atoms with van der Waals surface area (Å²) >= 11 is 7.88. The third-order valence-electron chi connectivity index (χ3n) is 3.08. The van der Waals surface area contributed by atoms with E-state index in [0.717, 1.165) is 13.0 Å². The number of nitrogens with one attached hydrogen (secondary N) is 1. The van der Waals surface area contributed by atoms with Gasteiger partial charge in [0.1, 0.15) is 0 Å². The molecule has 0 aliphatic heterocycles. The molecule has 1 atom stereocenters. The van der Waals surface area contributed by atoms with Gasteiger partial charge in [-0.25, -0.2) is 0 Å². The summed E-state index contributed by atoms with van der Waals surface area (Å²) in [6.45, 7) is 5.43. The van der Waals surface area contributed by atoms with Gasteiger partial charge in [0.2, 0.25) is 0 Å². The van der Waals surface area contributed by atoms with Crippen molar-refractivity contribution in [1.82, 2.24) is 5.32 Å². The fourth-order valence-electron chi connectivity index (χ4n) is 2.11. The third kappa shape index (κ3) is 3.80. The van der Waals surface area contributed by atoms with Crippen LogP contribution in [-0.2, 0) is 0 Å². The summed E-state index contributed by atoms with van der Waals surface area (Å²) in [6, 6.07) is 9.04. The summed E-state index contributed by atoms with van der Waals surface area (Å²) in [5.74, 6) is 0. The van der Waals surface area contributed by atoms with Crippen molar-refractivity contribution in [2.75, 3.05) is 6.54 Å². The molecule has 0 fully saturated rings. The molecule has 0 radical (unpaired) electrons. The first-order valence-electron chi connectivity index (χ1n) is 6.35. The lowest BCUT2D eigenvalue weighted by molar-refractivity contribution is 0.596. The minimum absolute atomic E-state index is 0.273. The van der Waals surface area contributed by atoms with Crippen LogP contribution in [0.15, 0.2) is 34.1 Å². The summed E-state index contributed by atoms with van der Waals surface area (Å²) in [6.07, 6.45) is 1.14. The molecule has 0 saturated heterocycles. The number of halogens is 2. The van der Waals surface area contributed by atoms with E-state index in [1.807, 2.05) is 11.3 Å². The van der Waals surface area contributed by atoms with E-state index >= 15 is 0 Å². The van der Waals surface area contributed by atoms with Crippen molar-refractivity contribution in [1.29, 1.82) is 0 Å². The Morgan fingerprint density at radius 3 is 2.74 bits per heavy atom. The van der Waals surface area contributed by atoms with Crippen molar-refractivity contribution in [3.8, 4) is 0 Å². The van der Waals surface area contributed by atoms with Gasteiger partial charge in [-0.1, -0.05) is 22.9 Å². The van der Waals surface area contributed by atoms with E-state index < -0.39 is 0 Å². The number of hydrogen-bond donors (Lipinski definition) is 1. The van der Waals surface area contributed by atoms with Gasteiger partial charge in [-0.2, -0.15) is 0 Å². The Hall–Kier alpha value is 0.0900. The molecule has 1 aromatic heterocycles. The standard InChI is InChI=1S/C15H17BrINS/c1-3-7-18-15(12-6-8-19-10(12)2)13-9-11(17)4-5-14(13)16/h4-6,8-9,15,18H,3,7H2,1-2H3. The Morgan fingerprint density at radius 1 is 1.32 bits per heavy atom. The van der Waals surface area contributed by atoms with Crippen LogP contribution in [-0.4, -0.2) is 6.54 Å². The molecule has 2 rings (SSSR count). The first kappa shape index (κ1) is 15.5. The molecular formula is C15H17BrINS. The number of hydrogen-bond acceptors (Lipinski definition) is 2. The molecule has 4 heteroatoms. The Labute approximate surface area is 141 Å². The zero-order valence-corrected chi connectivity index (χ0v) is 15.6. The summed E-state index contributed by atoms with van der Waals surface area (Å²) in [5, 5.41) is 5.84. The maximum absolute atomic E-state index is 3.69. The normalized spacial score (nSPS) is 12.6. The molecule has 0 bridgehead atoms. The molecule has 0 aliphatic rings. The lowest BCUT2D eigenvalue weighted by Gasteiger charge is -2.21. The fraction of sp³-hybridized carbons (Fsp3) is 0.333. The average Bonchev–Trinajstić information content (AvgIpc) is 2.80. The van der Waals surface area contributed by atoms with Crippen LogP contribution in [0.3, 0.4) is 0 Å². The van der Waals surface area contributed by atoms with Gasteiger partial charge in [0.25, 0.3) is 0 Å². The van der Waals surface area contributed by atoms with Gasteiger partial charge in [0.05, 0.1) is 6.04 Å². The van der Waals surface area contributed by atoms with Crippen LogP contribution >= 0.6 is 49.9 Å². The Kier molecular flexibility index (Phi) is 5.87. The smallest absolute Gasteiger partial charge is 0.0599 e. The maximum atomic E-state index is 3.69. The zero-order valence-electron chi connectivity index (χ0n) is 11.0. The highest BCUT2D eigenvalue weighted by atomic mass is 127. The van der Waals surface area contributed by atoms with Gasteiger partial charge in [0.15, 0.2) is 0 Å². The maximum Gasteiger partial charge on any atom is 0.0599 e. The molecule has 0 amide bonds. The zero-order chi connectivity index (χ0) is 13.8. The highest BCUT2D eigenvalue weighted by Crippen LogP contribution is 2.33. The molecule has 1 aromatic carbocycles. The summed E-state index contributed by atoms with van der Waals surface area (Å²) in [4.78, 5) is 1.39. The molecule has 0 saturated carbocycles. The third-order valence-corrected chi connectivity index (χ3v) is 5.33. The van der Waals surface area contributed by atoms with E-state index in [2.05, 4.69) is 87.3 Å². The van der Waals surface area contributed by atoms with E-state index in [1.54, 1.807) is 0 Å². The summed E-state index contributed by atoms with van der Waals surface area (Å²) in [7, 11) is 0. The lowest BCUT2D eigenvalue weighted by Crippen LogP contribution is -2.23. The molecule has 0 spiro atoms. The first-order chi connectivity index (χ1) is 9.13. The summed E-state index contributed by atoms with van der Waals surface area (Å²) in [5.41, 5.74) is 2.71. The Balaban J connectivity index is 2.42. The predicted octanol–water partition coefficient (Wildman–Crippen LogP) is 5.51. The number of rotatable bonds is 5. The van der Waals surface area contributed by atoms with E-state index in [4.69, 9.17) is 0 Å². The molecule has 1 heterocycles. The second-order valence-electron chi connectivity index (χ2n) is 4.49. The van der Waals surface area contributed by atoms with Crippen LogP contribution in [0.25, 0.3) is 0 Å². The Morgan fingerprint density at radius 2 is 2.11 bits per heavy atom.